The summed E-state index contributed by atoms with van der Waals surface area (Å²) in [5, 5.41) is 5.56. The van der Waals surface area contributed by atoms with E-state index in [0.29, 0.717) is 6.54 Å². The topological polar surface area (TPSA) is 45.2 Å². The maximum Gasteiger partial charge on any atom is 0.236 e. The Morgan fingerprint density at radius 3 is 2.90 bits per heavy atom. The fraction of sp³-hybridized carbons (Fsp3) is 0.375. The Hall–Kier alpha value is -1.94. The number of pyridine rings is 1. The molecule has 1 aromatic carbocycles. The molecule has 2 heterocycles. The van der Waals surface area contributed by atoms with Crippen molar-refractivity contribution in [1.82, 2.24) is 15.2 Å². The van der Waals surface area contributed by atoms with Crippen LogP contribution >= 0.6 is 0 Å². The average Bonchev–Trinajstić information content (AvgIpc) is 3.01. The number of fused-ring (bicyclic) bond motifs is 1. The Morgan fingerprint density at radius 2 is 2.05 bits per heavy atom. The van der Waals surface area contributed by atoms with Gasteiger partial charge in [-0.1, -0.05) is 12.1 Å². The lowest BCUT2D eigenvalue weighted by Crippen LogP contribution is -2.35. The summed E-state index contributed by atoms with van der Waals surface area (Å²) in [6.45, 7) is 2.99. The van der Waals surface area contributed by atoms with Gasteiger partial charge in [-0.05, 0) is 35.9 Å². The van der Waals surface area contributed by atoms with Crippen molar-refractivity contribution in [2.45, 2.75) is 19.4 Å². The summed E-state index contributed by atoms with van der Waals surface area (Å²) in [6.07, 6.45) is 5.95. The van der Waals surface area contributed by atoms with E-state index in [4.69, 9.17) is 0 Å². The van der Waals surface area contributed by atoms with E-state index < -0.39 is 0 Å². The highest BCUT2D eigenvalue weighted by Crippen LogP contribution is 2.14. The van der Waals surface area contributed by atoms with Gasteiger partial charge in [0.25, 0.3) is 0 Å². The first-order valence-corrected chi connectivity index (χ1v) is 7.14. The molecule has 0 unspecified atom stereocenters. The predicted molar refractivity (Wildman–Crippen MR) is 79.3 cm³/mol. The first kappa shape index (κ1) is 13.1. The number of carbonyl (C=O) groups is 1. The highest BCUT2D eigenvalue weighted by molar-refractivity contribution is 5.82. The molecule has 4 heteroatoms. The van der Waals surface area contributed by atoms with Gasteiger partial charge in [0.05, 0.1) is 6.54 Å². The Morgan fingerprint density at radius 1 is 1.20 bits per heavy atom. The second kappa shape index (κ2) is 6.01. The number of likely N-dealkylation sites (tertiary alicyclic amines) is 1. The van der Waals surface area contributed by atoms with Gasteiger partial charge in [-0.3, -0.25) is 9.78 Å². The molecular formula is C16H19N3O. The van der Waals surface area contributed by atoms with Crippen LogP contribution in [0.2, 0.25) is 0 Å². The molecule has 3 rings (SSSR count). The third-order valence-electron chi connectivity index (χ3n) is 3.77. The van der Waals surface area contributed by atoms with Gasteiger partial charge in [-0.25, -0.2) is 0 Å². The van der Waals surface area contributed by atoms with E-state index in [1.807, 2.05) is 17.2 Å². The van der Waals surface area contributed by atoms with E-state index >= 15 is 0 Å². The summed E-state index contributed by atoms with van der Waals surface area (Å²) in [6, 6.07) is 8.30. The Kier molecular flexibility index (Phi) is 3.92. The number of nitrogens with one attached hydrogen (secondary N) is 1. The molecule has 4 nitrogen and oxygen atoms in total. The molecule has 20 heavy (non-hydrogen) atoms. The number of carbonyl (C=O) groups excluding carboxylic acids is 1. The molecule has 0 saturated carbocycles. The van der Waals surface area contributed by atoms with Crippen molar-refractivity contribution in [1.29, 1.82) is 0 Å². The maximum atomic E-state index is 11.9. The van der Waals surface area contributed by atoms with Crippen molar-refractivity contribution in [2.75, 3.05) is 19.6 Å². The average molecular weight is 269 g/mol. The monoisotopic (exact) mass is 269 g/mol. The first-order valence-electron chi connectivity index (χ1n) is 7.14. The minimum atomic E-state index is 0.215. The first-order chi connectivity index (χ1) is 9.83. The fourth-order valence-electron chi connectivity index (χ4n) is 2.63. The lowest BCUT2D eigenvalue weighted by atomic mass is 10.1. The van der Waals surface area contributed by atoms with Crippen molar-refractivity contribution in [2.24, 2.45) is 0 Å². The molecule has 104 valence electrons. The Balaban J connectivity index is 1.55. The van der Waals surface area contributed by atoms with E-state index in [1.54, 1.807) is 6.20 Å². The predicted octanol–water partition coefficient (Wildman–Crippen LogP) is 1.95. The van der Waals surface area contributed by atoms with E-state index in [1.165, 1.54) is 10.9 Å². The zero-order valence-electron chi connectivity index (χ0n) is 11.5. The van der Waals surface area contributed by atoms with Crippen LogP contribution in [0, 0.1) is 0 Å². The van der Waals surface area contributed by atoms with Crippen LogP contribution in [0.5, 0.6) is 0 Å². The second-order valence-electron chi connectivity index (χ2n) is 5.25. The molecule has 0 bridgehead atoms. The van der Waals surface area contributed by atoms with Crippen molar-refractivity contribution < 1.29 is 4.79 Å². The van der Waals surface area contributed by atoms with Gasteiger partial charge in [0.1, 0.15) is 0 Å². The van der Waals surface area contributed by atoms with E-state index in [0.717, 1.165) is 37.9 Å². The van der Waals surface area contributed by atoms with Crippen molar-refractivity contribution >= 4 is 16.7 Å². The van der Waals surface area contributed by atoms with E-state index in [-0.39, 0.29) is 5.91 Å². The van der Waals surface area contributed by atoms with Gasteiger partial charge in [-0.15, -0.1) is 0 Å². The molecule has 0 radical (unpaired) electrons. The zero-order chi connectivity index (χ0) is 13.8. The summed E-state index contributed by atoms with van der Waals surface area (Å²) in [5.74, 6) is 0.215. The third-order valence-corrected chi connectivity index (χ3v) is 3.77. The van der Waals surface area contributed by atoms with Crippen LogP contribution in [0.4, 0.5) is 0 Å². The van der Waals surface area contributed by atoms with Gasteiger partial charge >= 0.3 is 0 Å². The molecule has 1 saturated heterocycles. The summed E-state index contributed by atoms with van der Waals surface area (Å²) >= 11 is 0. The molecule has 0 aliphatic carbocycles. The quantitative estimate of drug-likeness (QED) is 0.922. The Bertz CT molecular complexity index is 605. The lowest BCUT2D eigenvalue weighted by Gasteiger charge is -2.15. The number of aromatic nitrogens is 1. The molecule has 0 atom stereocenters. The SMILES string of the molecule is O=C(CNCc1ccc2cnccc2c1)N1CCCC1. The summed E-state index contributed by atoms with van der Waals surface area (Å²) in [7, 11) is 0. The molecule has 2 aromatic rings. The van der Waals surface area contributed by atoms with Crippen molar-refractivity contribution in [3.63, 3.8) is 0 Å². The third kappa shape index (κ3) is 2.96. The summed E-state index contributed by atoms with van der Waals surface area (Å²) < 4.78 is 0. The summed E-state index contributed by atoms with van der Waals surface area (Å²) in [4.78, 5) is 18.0. The second-order valence-corrected chi connectivity index (χ2v) is 5.25. The van der Waals surface area contributed by atoms with Crippen molar-refractivity contribution in [3.05, 3.63) is 42.2 Å². The molecule has 1 fully saturated rings. The van der Waals surface area contributed by atoms with Gasteiger partial charge in [0.15, 0.2) is 0 Å². The minimum absolute atomic E-state index is 0.215. The summed E-state index contributed by atoms with van der Waals surface area (Å²) in [5.41, 5.74) is 1.19. The highest BCUT2D eigenvalue weighted by atomic mass is 16.2. The zero-order valence-corrected chi connectivity index (χ0v) is 11.5. The molecular weight excluding hydrogens is 250 g/mol. The number of amides is 1. The van der Waals surface area contributed by atoms with Crippen LogP contribution in [0.15, 0.2) is 36.7 Å². The van der Waals surface area contributed by atoms with Gasteiger partial charge in [0, 0.05) is 37.4 Å². The van der Waals surface area contributed by atoms with Crippen LogP contribution in [0.3, 0.4) is 0 Å². The molecule has 1 aromatic heterocycles. The van der Waals surface area contributed by atoms with Gasteiger partial charge in [0.2, 0.25) is 5.91 Å². The molecule has 0 spiro atoms. The van der Waals surface area contributed by atoms with E-state index in [9.17, 15) is 4.79 Å². The highest BCUT2D eigenvalue weighted by Gasteiger charge is 2.16. The minimum Gasteiger partial charge on any atom is -0.342 e. The van der Waals surface area contributed by atoms with Crippen LogP contribution in [-0.2, 0) is 11.3 Å². The van der Waals surface area contributed by atoms with Crippen LogP contribution in [0.1, 0.15) is 18.4 Å². The largest absolute Gasteiger partial charge is 0.342 e. The molecule has 1 aliphatic heterocycles. The van der Waals surface area contributed by atoms with Gasteiger partial charge in [-0.2, -0.15) is 0 Å². The number of rotatable bonds is 4. The van der Waals surface area contributed by atoms with Crippen LogP contribution < -0.4 is 5.32 Å². The van der Waals surface area contributed by atoms with Gasteiger partial charge < -0.3 is 10.2 Å². The lowest BCUT2D eigenvalue weighted by molar-refractivity contribution is -0.129. The number of benzene rings is 1. The smallest absolute Gasteiger partial charge is 0.236 e. The molecule has 1 amide bonds. The number of hydrogen-bond donors (Lipinski definition) is 1. The fourth-order valence-corrected chi connectivity index (χ4v) is 2.63. The van der Waals surface area contributed by atoms with E-state index in [2.05, 4.69) is 28.5 Å². The molecule has 1 N–H and O–H groups in total. The number of hydrogen-bond acceptors (Lipinski definition) is 3. The van der Waals surface area contributed by atoms with Crippen LogP contribution in [-0.4, -0.2) is 35.4 Å². The van der Waals surface area contributed by atoms with Crippen LogP contribution in [0.25, 0.3) is 10.8 Å². The van der Waals surface area contributed by atoms with Crippen molar-refractivity contribution in [3.8, 4) is 0 Å². The normalized spacial score (nSPS) is 14.9. The Labute approximate surface area is 118 Å². The number of nitrogens with zero attached hydrogens (tertiary/aromatic N) is 2. The molecule has 1 aliphatic rings. The standard InChI is InChI=1S/C16H19N3O/c20-16(19-7-1-2-8-19)12-18-10-13-3-4-15-11-17-6-5-14(15)9-13/h3-6,9,11,18H,1-2,7-8,10,12H2. The maximum absolute atomic E-state index is 11.9.